The first-order valence-electron chi connectivity index (χ1n) is 10.3. The molecule has 4 N–H and O–H groups in total. The minimum Gasteiger partial charge on any atom is -0.460 e. The van der Waals surface area contributed by atoms with Crippen LogP contribution in [0.2, 0.25) is 0 Å². The van der Waals surface area contributed by atoms with Crippen molar-refractivity contribution in [3.05, 3.63) is 0 Å². The summed E-state index contributed by atoms with van der Waals surface area (Å²) in [5.41, 5.74) is 4.62. The van der Waals surface area contributed by atoms with Gasteiger partial charge in [0.25, 0.3) is 0 Å². The summed E-state index contributed by atoms with van der Waals surface area (Å²) in [7, 11) is 0. The average Bonchev–Trinajstić information content (AvgIpc) is 2.52. The van der Waals surface area contributed by atoms with Crippen molar-refractivity contribution < 1.29 is 28.7 Å². The predicted molar refractivity (Wildman–Crippen MR) is 113 cm³/mol. The number of ether oxygens (including phenoxy) is 2. The van der Waals surface area contributed by atoms with Crippen molar-refractivity contribution in [2.75, 3.05) is 0 Å². The zero-order chi connectivity index (χ0) is 23.7. The second-order valence-corrected chi connectivity index (χ2v) is 9.58. The minimum atomic E-state index is -0.992. The maximum absolute atomic E-state index is 12.4. The first-order chi connectivity index (χ1) is 13.5. The lowest BCUT2D eigenvalue weighted by molar-refractivity contribution is -0.156. The van der Waals surface area contributed by atoms with Crippen molar-refractivity contribution in [2.45, 2.75) is 110 Å². The molecule has 0 saturated heterocycles. The van der Waals surface area contributed by atoms with E-state index in [1.165, 1.54) is 0 Å². The second kappa shape index (κ2) is 11.9. The Labute approximate surface area is 179 Å². The normalized spacial score (nSPS) is 13.9. The fourth-order valence-corrected chi connectivity index (χ4v) is 2.38. The molecule has 0 aromatic rings. The monoisotopic (exact) mass is 429 g/mol. The first-order valence-corrected chi connectivity index (χ1v) is 10.3. The van der Waals surface area contributed by atoms with Crippen LogP contribution in [0.25, 0.3) is 0 Å². The molecule has 30 heavy (non-hydrogen) atoms. The number of nitrogens with two attached hydrogens (primary N) is 1. The molecule has 1 unspecified atom stereocenters. The highest BCUT2D eigenvalue weighted by atomic mass is 16.6. The summed E-state index contributed by atoms with van der Waals surface area (Å²) < 4.78 is 10.4. The summed E-state index contributed by atoms with van der Waals surface area (Å²) in [5, 5.41) is 5.29. The van der Waals surface area contributed by atoms with Gasteiger partial charge in [0.2, 0.25) is 11.8 Å². The van der Waals surface area contributed by atoms with Crippen LogP contribution in [0.5, 0.6) is 0 Å². The summed E-state index contributed by atoms with van der Waals surface area (Å²) in [6, 6.07) is -2.08. The van der Waals surface area contributed by atoms with Crippen LogP contribution in [0.4, 0.5) is 0 Å². The lowest BCUT2D eigenvalue weighted by Crippen LogP contribution is -2.52. The molecule has 0 aliphatic carbocycles. The number of rotatable bonds is 10. The Hall–Kier alpha value is -2.16. The van der Waals surface area contributed by atoms with Crippen molar-refractivity contribution in [2.24, 2.45) is 5.73 Å². The van der Waals surface area contributed by atoms with Crippen LogP contribution >= 0.6 is 0 Å². The summed E-state index contributed by atoms with van der Waals surface area (Å²) in [4.78, 5) is 48.7. The Morgan fingerprint density at radius 2 is 1.20 bits per heavy atom. The molecule has 2 atom stereocenters. The summed E-state index contributed by atoms with van der Waals surface area (Å²) in [5.74, 6) is -1.91. The van der Waals surface area contributed by atoms with Crippen LogP contribution in [0.15, 0.2) is 0 Å². The van der Waals surface area contributed by atoms with Crippen LogP contribution in [-0.4, -0.2) is 53.1 Å². The lowest BCUT2D eigenvalue weighted by atomic mass is 10.1. The third kappa shape index (κ3) is 13.9. The molecular weight excluding hydrogens is 390 g/mol. The van der Waals surface area contributed by atoms with E-state index in [1.54, 1.807) is 55.4 Å². The number of nitrogens with one attached hydrogen (secondary N) is 2. The Morgan fingerprint density at radius 3 is 1.60 bits per heavy atom. The Bertz CT molecular complexity index is 605. The molecule has 0 saturated carbocycles. The molecular formula is C21H39N3O6. The van der Waals surface area contributed by atoms with Gasteiger partial charge in [-0.15, -0.1) is 0 Å². The van der Waals surface area contributed by atoms with Gasteiger partial charge in [0.1, 0.15) is 17.2 Å². The van der Waals surface area contributed by atoms with Crippen molar-refractivity contribution in [3.8, 4) is 0 Å². The molecule has 174 valence electrons. The van der Waals surface area contributed by atoms with Gasteiger partial charge in [-0.3, -0.25) is 19.2 Å². The zero-order valence-corrected chi connectivity index (χ0v) is 19.6. The van der Waals surface area contributed by atoms with E-state index >= 15 is 0 Å². The molecule has 0 radical (unpaired) electrons. The third-order valence-electron chi connectivity index (χ3n) is 3.54. The van der Waals surface area contributed by atoms with Crippen LogP contribution in [-0.2, 0) is 28.7 Å². The molecule has 2 amide bonds. The van der Waals surface area contributed by atoms with Gasteiger partial charge in [-0.25, -0.2) is 0 Å². The average molecular weight is 430 g/mol. The van der Waals surface area contributed by atoms with Crippen LogP contribution in [0.3, 0.4) is 0 Å². The molecule has 0 spiro atoms. The fourth-order valence-electron chi connectivity index (χ4n) is 2.38. The second-order valence-electron chi connectivity index (χ2n) is 9.58. The Kier molecular flexibility index (Phi) is 11.0. The van der Waals surface area contributed by atoms with E-state index in [9.17, 15) is 19.2 Å². The lowest BCUT2D eigenvalue weighted by Gasteiger charge is -2.23. The molecule has 9 heteroatoms. The van der Waals surface area contributed by atoms with E-state index in [-0.39, 0.29) is 31.7 Å². The number of hydrogen-bond donors (Lipinski definition) is 3. The highest BCUT2D eigenvalue weighted by Crippen LogP contribution is 2.12. The van der Waals surface area contributed by atoms with E-state index in [4.69, 9.17) is 15.2 Å². The highest BCUT2D eigenvalue weighted by Gasteiger charge is 2.27. The largest absolute Gasteiger partial charge is 0.460 e. The molecule has 0 aromatic heterocycles. The number of esters is 2. The maximum Gasteiger partial charge on any atom is 0.306 e. The Morgan fingerprint density at radius 1 is 0.767 bits per heavy atom. The molecule has 0 aliphatic heterocycles. The fraction of sp³-hybridized carbons (Fsp3) is 0.810. The predicted octanol–water partition coefficient (Wildman–Crippen LogP) is 1.57. The van der Waals surface area contributed by atoms with Gasteiger partial charge >= 0.3 is 11.9 Å². The van der Waals surface area contributed by atoms with Crippen molar-refractivity contribution in [3.63, 3.8) is 0 Å². The summed E-state index contributed by atoms with van der Waals surface area (Å²) in [6.45, 7) is 14.1. The number of carbonyl (C=O) groups excluding carboxylic acids is 4. The molecule has 0 rings (SSSR count). The molecule has 0 heterocycles. The van der Waals surface area contributed by atoms with Crippen LogP contribution in [0.1, 0.15) is 81.1 Å². The van der Waals surface area contributed by atoms with E-state index < -0.39 is 47.0 Å². The van der Waals surface area contributed by atoms with Gasteiger partial charge in [0, 0.05) is 18.9 Å². The van der Waals surface area contributed by atoms with Gasteiger partial charge in [-0.1, -0.05) is 0 Å². The van der Waals surface area contributed by atoms with Gasteiger partial charge < -0.3 is 25.8 Å². The number of carbonyl (C=O) groups is 4. The van der Waals surface area contributed by atoms with Crippen LogP contribution in [0, 0.1) is 0 Å². The minimum absolute atomic E-state index is 0.0212. The highest BCUT2D eigenvalue weighted by molar-refractivity contribution is 5.90. The van der Waals surface area contributed by atoms with E-state index in [1.807, 2.05) is 0 Å². The third-order valence-corrected chi connectivity index (χ3v) is 3.54. The Balaban J connectivity index is 4.87. The van der Waals surface area contributed by atoms with Gasteiger partial charge in [0.05, 0.1) is 6.04 Å². The van der Waals surface area contributed by atoms with Gasteiger partial charge in [0.15, 0.2) is 0 Å². The maximum atomic E-state index is 12.4. The zero-order valence-electron chi connectivity index (χ0n) is 19.6. The summed E-state index contributed by atoms with van der Waals surface area (Å²) >= 11 is 0. The van der Waals surface area contributed by atoms with Gasteiger partial charge in [-0.2, -0.15) is 0 Å². The van der Waals surface area contributed by atoms with E-state index in [2.05, 4.69) is 10.6 Å². The van der Waals surface area contributed by atoms with E-state index in [0.717, 1.165) is 0 Å². The smallest absolute Gasteiger partial charge is 0.306 e. The number of hydrogen-bond acceptors (Lipinski definition) is 7. The summed E-state index contributed by atoms with van der Waals surface area (Å²) in [6.07, 6.45) is 0.0802. The molecule has 0 bridgehead atoms. The molecule has 9 nitrogen and oxygen atoms in total. The molecule has 0 aliphatic rings. The van der Waals surface area contributed by atoms with Crippen LogP contribution < -0.4 is 16.4 Å². The standard InChI is InChI=1S/C21H39N3O6/c1-13(2)23-19(28)15(10-12-17(26)30-21(6,7)8)24-18(27)14(22)9-11-16(25)29-20(3,4)5/h13-15H,9-12,22H2,1-8H3,(H,23,28)(H,24,27)/t14-,15?/m0/s1. The topological polar surface area (TPSA) is 137 Å². The van der Waals surface area contributed by atoms with Gasteiger partial charge in [-0.05, 0) is 68.2 Å². The van der Waals surface area contributed by atoms with Crippen molar-refractivity contribution >= 4 is 23.8 Å². The molecule has 0 aromatic carbocycles. The van der Waals surface area contributed by atoms with Crippen molar-refractivity contribution in [1.29, 1.82) is 0 Å². The first kappa shape index (κ1) is 27.8. The quantitative estimate of drug-likeness (QED) is 0.448. The van der Waals surface area contributed by atoms with Crippen molar-refractivity contribution in [1.82, 2.24) is 10.6 Å². The SMILES string of the molecule is CC(C)NC(=O)C(CCC(=O)OC(C)(C)C)NC(=O)[C@@H](N)CCC(=O)OC(C)(C)C. The molecule has 0 fully saturated rings. The van der Waals surface area contributed by atoms with E-state index in [0.29, 0.717) is 0 Å². The number of amides is 2.